The number of benzene rings is 2. The molecule has 0 radical (unpaired) electrons. The minimum absolute atomic E-state index is 0.444. The zero-order chi connectivity index (χ0) is 15.4. The first-order chi connectivity index (χ1) is 10.7. The van der Waals surface area contributed by atoms with Gasteiger partial charge in [-0.1, -0.05) is 42.5 Å². The van der Waals surface area contributed by atoms with Gasteiger partial charge in [0.05, 0.1) is 5.52 Å². The van der Waals surface area contributed by atoms with Gasteiger partial charge in [0.15, 0.2) is 5.82 Å². The van der Waals surface area contributed by atoms with Gasteiger partial charge in [0.2, 0.25) is 0 Å². The van der Waals surface area contributed by atoms with E-state index in [1.54, 1.807) is 12.1 Å². The van der Waals surface area contributed by atoms with E-state index in [0.29, 0.717) is 17.9 Å². The molecule has 0 atom stereocenters. The van der Waals surface area contributed by atoms with Crippen molar-refractivity contribution in [3.05, 3.63) is 66.0 Å². The van der Waals surface area contributed by atoms with Crippen LogP contribution in [0.2, 0.25) is 0 Å². The fourth-order valence-corrected chi connectivity index (χ4v) is 2.30. The number of rotatable bonds is 5. The van der Waals surface area contributed by atoms with E-state index in [9.17, 15) is 8.78 Å². The van der Waals surface area contributed by atoms with Crippen molar-refractivity contribution in [1.82, 2.24) is 9.97 Å². The van der Waals surface area contributed by atoms with Gasteiger partial charge in [-0.2, -0.15) is 0 Å². The molecule has 0 saturated carbocycles. The van der Waals surface area contributed by atoms with Gasteiger partial charge in [-0.15, -0.1) is 0 Å². The van der Waals surface area contributed by atoms with Gasteiger partial charge in [-0.05, 0) is 24.1 Å². The first-order valence-electron chi connectivity index (χ1n) is 7.06. The molecule has 0 amide bonds. The van der Waals surface area contributed by atoms with E-state index >= 15 is 0 Å². The van der Waals surface area contributed by atoms with Gasteiger partial charge >= 0.3 is 0 Å². The molecule has 2 aromatic carbocycles. The molecule has 3 aromatic rings. The van der Waals surface area contributed by atoms with Gasteiger partial charge in [0.1, 0.15) is 5.82 Å². The Labute approximate surface area is 127 Å². The van der Waals surface area contributed by atoms with Crippen molar-refractivity contribution in [2.75, 3.05) is 11.9 Å². The monoisotopic (exact) mass is 299 g/mol. The Kier molecular flexibility index (Phi) is 4.23. The lowest BCUT2D eigenvalue weighted by Crippen LogP contribution is -2.09. The maximum Gasteiger partial charge on any atom is 0.297 e. The second-order valence-electron chi connectivity index (χ2n) is 4.91. The highest BCUT2D eigenvalue weighted by atomic mass is 19.3. The van der Waals surface area contributed by atoms with Gasteiger partial charge in [0.25, 0.3) is 6.43 Å². The molecule has 0 saturated heterocycles. The molecule has 1 heterocycles. The number of alkyl halides is 2. The summed E-state index contributed by atoms with van der Waals surface area (Å²) in [7, 11) is 0. The van der Waals surface area contributed by atoms with E-state index in [2.05, 4.69) is 15.3 Å². The largest absolute Gasteiger partial charge is 0.369 e. The maximum atomic E-state index is 12.9. The van der Waals surface area contributed by atoms with Crippen molar-refractivity contribution in [2.24, 2.45) is 0 Å². The molecule has 0 spiro atoms. The minimum atomic E-state index is -2.68. The molecule has 0 aliphatic heterocycles. The second-order valence-corrected chi connectivity index (χ2v) is 4.91. The second kappa shape index (κ2) is 6.47. The predicted octanol–water partition coefficient (Wildman–Crippen LogP) is 4.22. The third-order valence-electron chi connectivity index (χ3n) is 3.36. The number of para-hydroxylation sites is 1. The fraction of sp³-hybridized carbons (Fsp3) is 0.176. The molecular formula is C17H15F2N3. The Bertz CT molecular complexity index is 760. The van der Waals surface area contributed by atoms with E-state index in [1.807, 2.05) is 42.5 Å². The van der Waals surface area contributed by atoms with Crippen LogP contribution in [-0.2, 0) is 6.42 Å². The van der Waals surface area contributed by atoms with Gasteiger partial charge in [0, 0.05) is 11.9 Å². The molecule has 0 aliphatic carbocycles. The van der Waals surface area contributed by atoms with Crippen molar-refractivity contribution < 1.29 is 8.78 Å². The first-order valence-corrected chi connectivity index (χ1v) is 7.06. The SMILES string of the molecule is FC(F)c1nc(NCCc2ccccc2)c2ccccc2n1. The summed E-state index contributed by atoms with van der Waals surface area (Å²) in [5.74, 6) is 0.0118. The number of nitrogens with zero attached hydrogens (tertiary/aromatic N) is 2. The third-order valence-corrected chi connectivity index (χ3v) is 3.36. The Morgan fingerprint density at radius 1 is 0.909 bits per heavy atom. The van der Waals surface area contributed by atoms with Crippen LogP contribution in [-0.4, -0.2) is 16.5 Å². The van der Waals surface area contributed by atoms with Crippen LogP contribution in [0.1, 0.15) is 17.8 Å². The lowest BCUT2D eigenvalue weighted by molar-refractivity contribution is 0.141. The molecule has 0 unspecified atom stereocenters. The standard InChI is InChI=1S/C17H15F2N3/c18-15(19)17-21-14-9-5-4-8-13(14)16(22-17)20-11-10-12-6-2-1-3-7-12/h1-9,15H,10-11H2,(H,20,21,22). The van der Waals surface area contributed by atoms with Gasteiger partial charge in [-0.3, -0.25) is 0 Å². The summed E-state index contributed by atoms with van der Waals surface area (Å²) < 4.78 is 25.8. The molecule has 22 heavy (non-hydrogen) atoms. The van der Waals surface area contributed by atoms with Crippen LogP contribution in [0.4, 0.5) is 14.6 Å². The molecule has 3 nitrogen and oxygen atoms in total. The van der Waals surface area contributed by atoms with Crippen LogP contribution < -0.4 is 5.32 Å². The summed E-state index contributed by atoms with van der Waals surface area (Å²) in [5.41, 5.74) is 1.71. The molecular weight excluding hydrogens is 284 g/mol. The fourth-order valence-electron chi connectivity index (χ4n) is 2.30. The van der Waals surface area contributed by atoms with Crippen molar-refractivity contribution in [3.63, 3.8) is 0 Å². The van der Waals surface area contributed by atoms with E-state index in [0.717, 1.165) is 11.8 Å². The van der Waals surface area contributed by atoms with E-state index < -0.39 is 12.2 Å². The summed E-state index contributed by atoms with van der Waals surface area (Å²) in [4.78, 5) is 7.86. The molecule has 0 aliphatic rings. The van der Waals surface area contributed by atoms with Crippen LogP contribution >= 0.6 is 0 Å². The summed E-state index contributed by atoms with van der Waals surface area (Å²) >= 11 is 0. The maximum absolute atomic E-state index is 12.9. The van der Waals surface area contributed by atoms with E-state index in [-0.39, 0.29) is 0 Å². The number of fused-ring (bicyclic) bond motifs is 1. The van der Waals surface area contributed by atoms with E-state index in [4.69, 9.17) is 0 Å². The zero-order valence-corrected chi connectivity index (χ0v) is 11.8. The van der Waals surface area contributed by atoms with Crippen LogP contribution in [0, 0.1) is 0 Å². The van der Waals surface area contributed by atoms with E-state index in [1.165, 1.54) is 5.56 Å². The Morgan fingerprint density at radius 3 is 2.41 bits per heavy atom. The number of hydrogen-bond donors (Lipinski definition) is 1. The van der Waals surface area contributed by atoms with Crippen LogP contribution in [0.15, 0.2) is 54.6 Å². The summed E-state index contributed by atoms with van der Waals surface area (Å²) in [6, 6.07) is 17.1. The average Bonchev–Trinajstić information content (AvgIpc) is 2.55. The Hall–Kier alpha value is -2.56. The quantitative estimate of drug-likeness (QED) is 0.766. The highest BCUT2D eigenvalue weighted by Crippen LogP contribution is 2.24. The molecule has 0 fully saturated rings. The topological polar surface area (TPSA) is 37.8 Å². The Balaban J connectivity index is 1.82. The van der Waals surface area contributed by atoms with Gasteiger partial charge < -0.3 is 5.32 Å². The van der Waals surface area contributed by atoms with Crippen molar-refractivity contribution in [1.29, 1.82) is 0 Å². The summed E-state index contributed by atoms with van der Waals surface area (Å²) in [6.45, 7) is 0.619. The lowest BCUT2D eigenvalue weighted by Gasteiger charge is -2.10. The number of hydrogen-bond acceptors (Lipinski definition) is 3. The van der Waals surface area contributed by atoms with Crippen molar-refractivity contribution >= 4 is 16.7 Å². The summed E-state index contributed by atoms with van der Waals surface area (Å²) in [6.07, 6.45) is -1.89. The molecule has 1 aromatic heterocycles. The number of anilines is 1. The molecule has 112 valence electrons. The average molecular weight is 299 g/mol. The predicted molar refractivity (Wildman–Crippen MR) is 83.1 cm³/mol. The lowest BCUT2D eigenvalue weighted by atomic mass is 10.1. The highest BCUT2D eigenvalue weighted by molar-refractivity contribution is 5.88. The molecule has 3 rings (SSSR count). The van der Waals surface area contributed by atoms with Gasteiger partial charge in [-0.25, -0.2) is 18.7 Å². The zero-order valence-electron chi connectivity index (χ0n) is 11.8. The van der Waals surface area contributed by atoms with Crippen molar-refractivity contribution in [3.8, 4) is 0 Å². The normalized spacial score (nSPS) is 11.0. The minimum Gasteiger partial charge on any atom is -0.369 e. The molecule has 5 heteroatoms. The Morgan fingerprint density at radius 2 is 1.64 bits per heavy atom. The highest BCUT2D eigenvalue weighted by Gasteiger charge is 2.14. The number of halogens is 2. The molecule has 0 bridgehead atoms. The van der Waals surface area contributed by atoms with Crippen LogP contribution in [0.25, 0.3) is 10.9 Å². The first kappa shape index (κ1) is 14.4. The smallest absolute Gasteiger partial charge is 0.297 e. The van der Waals surface area contributed by atoms with Crippen molar-refractivity contribution in [2.45, 2.75) is 12.8 Å². The number of aromatic nitrogens is 2. The number of nitrogens with one attached hydrogen (secondary N) is 1. The molecule has 1 N–H and O–H groups in total. The van der Waals surface area contributed by atoms with Crippen LogP contribution in [0.5, 0.6) is 0 Å². The third kappa shape index (κ3) is 3.19. The summed E-state index contributed by atoms with van der Waals surface area (Å²) in [5, 5.41) is 3.90. The van der Waals surface area contributed by atoms with Crippen LogP contribution in [0.3, 0.4) is 0 Å².